The van der Waals surface area contributed by atoms with Gasteiger partial charge in [-0.1, -0.05) is 142 Å². The van der Waals surface area contributed by atoms with E-state index in [0.717, 1.165) is 5.56 Å². The molecule has 0 amide bonds. The molecule has 3 unspecified atom stereocenters. The third-order valence-electron chi connectivity index (χ3n) is 3.47. The Balaban J connectivity index is 2.93. The number of allylic oxidation sites excluding steroid dienone is 1. The zero-order valence-electron chi connectivity index (χ0n) is 10.8. The van der Waals surface area contributed by atoms with E-state index in [0.29, 0.717) is 4.48 Å². The molecule has 1 aromatic rings. The monoisotopic (exact) mass is 783 g/mol. The first-order valence-electron chi connectivity index (χ1n) is 5.81. The van der Waals surface area contributed by atoms with Gasteiger partial charge >= 0.3 is 0 Å². The number of hydrogen-bond donors (Lipinski definition) is 1. The number of hydrogen-bond acceptors (Lipinski definition) is 2. The van der Waals surface area contributed by atoms with Crippen LogP contribution in [-0.4, -0.2) is 24.7 Å². The average molecular weight is 791 g/mol. The van der Waals surface area contributed by atoms with Crippen molar-refractivity contribution in [2.45, 2.75) is 16.0 Å². The molecule has 23 heavy (non-hydrogen) atoms. The van der Waals surface area contributed by atoms with Crippen molar-refractivity contribution in [3.05, 3.63) is 44.9 Å². The Morgan fingerprint density at radius 3 is 1.91 bits per heavy atom. The van der Waals surface area contributed by atoms with Gasteiger partial charge in [0.05, 0.1) is 9.15 Å². The number of benzene rings is 1. The van der Waals surface area contributed by atoms with Gasteiger partial charge in [0.25, 0.3) is 10.1 Å². The lowest BCUT2D eigenvalue weighted by molar-refractivity contribution is 0.449. The molecule has 0 saturated heterocycles. The lowest BCUT2D eigenvalue weighted by Gasteiger charge is -2.53. The smallest absolute Gasteiger partial charge is 0.284 e. The molecular weight excluding hydrogens is 784 g/mol. The maximum absolute atomic E-state index is 12.2. The van der Waals surface area contributed by atoms with Gasteiger partial charge < -0.3 is 0 Å². The van der Waals surface area contributed by atoms with E-state index in [-0.39, 0.29) is 9.31 Å². The van der Waals surface area contributed by atoms with Crippen molar-refractivity contribution in [1.82, 2.24) is 0 Å². The molecule has 0 bridgehead atoms. The predicted molar refractivity (Wildman–Crippen MR) is 118 cm³/mol. The van der Waals surface area contributed by atoms with Gasteiger partial charge in [0.15, 0.2) is 0 Å². The summed E-state index contributed by atoms with van der Waals surface area (Å²) < 4.78 is 30.9. The van der Waals surface area contributed by atoms with Crippen molar-refractivity contribution in [2.24, 2.45) is 0 Å². The largest absolute Gasteiger partial charge is 0.288 e. The van der Waals surface area contributed by atoms with Crippen LogP contribution < -0.4 is 0 Å². The normalized spacial score (nSPS) is 34.5. The number of alkyl halides is 5. The van der Waals surface area contributed by atoms with E-state index in [2.05, 4.69) is 112 Å². The summed E-state index contributed by atoms with van der Waals surface area (Å²) >= 11 is 24.2. The van der Waals surface area contributed by atoms with Crippen molar-refractivity contribution in [3.63, 3.8) is 0 Å². The Kier molecular flexibility index (Phi) is 6.55. The Labute approximate surface area is 193 Å². The van der Waals surface area contributed by atoms with Crippen molar-refractivity contribution < 1.29 is 13.0 Å². The Morgan fingerprint density at radius 1 is 1.00 bits per heavy atom. The van der Waals surface area contributed by atoms with Crippen molar-refractivity contribution in [1.29, 1.82) is 0 Å². The number of rotatable bonds is 2. The molecule has 0 aliphatic heterocycles. The summed E-state index contributed by atoms with van der Waals surface area (Å²) in [4.78, 5) is -0.363. The molecule has 1 N–H and O–H groups in total. The van der Waals surface area contributed by atoms with Gasteiger partial charge in [-0.05, 0) is 5.56 Å². The molecule has 3 nitrogen and oxygen atoms in total. The summed E-state index contributed by atoms with van der Waals surface area (Å²) in [5, 5.41) is 0. The first kappa shape index (κ1) is 21.5. The Hall–Kier alpha value is 2.23. The summed E-state index contributed by atoms with van der Waals surface area (Å²) in [6.45, 7) is 0. The zero-order valence-corrected chi connectivity index (χ0v) is 22.7. The molecule has 0 heterocycles. The maximum Gasteiger partial charge on any atom is 0.288 e. The van der Waals surface area contributed by atoms with Gasteiger partial charge in [0.2, 0.25) is 3.66 Å². The highest BCUT2D eigenvalue weighted by Gasteiger charge is 2.72. The minimum Gasteiger partial charge on any atom is -0.284 e. The van der Waals surface area contributed by atoms with Crippen LogP contribution in [0.1, 0.15) is 5.56 Å². The summed E-state index contributed by atoms with van der Waals surface area (Å²) in [5.41, 5.74) is 0.792. The lowest BCUT2D eigenvalue weighted by atomic mass is 9.86. The Morgan fingerprint density at radius 2 is 1.48 bits per heavy atom. The molecule has 2 rings (SSSR count). The number of halogens is 7. The molecule has 1 aliphatic rings. The fourth-order valence-corrected chi connectivity index (χ4v) is 12.1. The SMILES string of the molecule is O=S(=O)(O)C1(Br)C(Br)=C(Br)C(Br)C(Br)(c2ccccc2)C1(Br)Br. The van der Waals surface area contributed by atoms with Crippen LogP contribution >= 0.6 is 112 Å². The van der Waals surface area contributed by atoms with Gasteiger partial charge in [-0.3, -0.25) is 4.55 Å². The molecule has 11 heteroatoms. The topological polar surface area (TPSA) is 54.4 Å². The maximum atomic E-state index is 12.2. The predicted octanol–water partition coefficient (Wildman–Crippen LogP) is 6.52. The first-order chi connectivity index (χ1) is 10.3. The van der Waals surface area contributed by atoms with Gasteiger partial charge in [-0.25, -0.2) is 0 Å². The first-order valence-corrected chi connectivity index (χ1v) is 12.9. The molecule has 3 atom stereocenters. The van der Waals surface area contributed by atoms with E-state index >= 15 is 0 Å². The molecule has 0 fully saturated rings. The third kappa shape index (κ3) is 2.99. The van der Waals surface area contributed by atoms with E-state index in [1.54, 1.807) is 0 Å². The molecule has 1 aromatic carbocycles. The van der Waals surface area contributed by atoms with Crippen LogP contribution in [0.2, 0.25) is 0 Å². The van der Waals surface area contributed by atoms with Crippen molar-refractivity contribution in [3.8, 4) is 0 Å². The van der Waals surface area contributed by atoms with Gasteiger partial charge in [0.1, 0.15) is 3.23 Å². The molecule has 0 radical (unpaired) electrons. The van der Waals surface area contributed by atoms with Crippen LogP contribution in [0.15, 0.2) is 39.3 Å². The lowest BCUT2D eigenvalue weighted by Crippen LogP contribution is -2.62. The third-order valence-corrected chi connectivity index (χ3v) is 19.1. The highest BCUT2D eigenvalue weighted by molar-refractivity contribution is 9.27. The van der Waals surface area contributed by atoms with Gasteiger partial charge in [-0.2, -0.15) is 8.42 Å². The van der Waals surface area contributed by atoms with E-state index in [1.165, 1.54) is 0 Å². The Bertz CT molecular complexity index is 764. The molecule has 0 aromatic heterocycles. The van der Waals surface area contributed by atoms with Crippen LogP contribution in [0, 0.1) is 0 Å². The minimum atomic E-state index is -4.58. The van der Waals surface area contributed by atoms with Crippen LogP contribution in [0.25, 0.3) is 0 Å². The van der Waals surface area contributed by atoms with E-state index < -0.39 is 21.3 Å². The highest BCUT2D eigenvalue weighted by atomic mass is 79.9. The summed E-state index contributed by atoms with van der Waals surface area (Å²) in [6, 6.07) is 9.27. The standard InChI is InChI=1S/C12H7Br7O3S/c13-7-8(14)10(16,6-4-2-1-3-5-6)12(18,19)11(17,9(7)15)23(20,21)22/h1-5,8H,(H,20,21,22). The zero-order chi connectivity index (χ0) is 17.8. The molecule has 128 valence electrons. The fraction of sp³-hybridized carbons (Fsp3) is 0.333. The van der Waals surface area contributed by atoms with Crippen LogP contribution in [-0.2, 0) is 14.4 Å². The second-order valence-corrected chi connectivity index (χ2v) is 15.3. The minimum absolute atomic E-state index is 0.231. The van der Waals surface area contributed by atoms with Crippen molar-refractivity contribution in [2.75, 3.05) is 0 Å². The van der Waals surface area contributed by atoms with Crippen molar-refractivity contribution >= 4 is 122 Å². The quantitative estimate of drug-likeness (QED) is 0.275. The molecule has 0 saturated carbocycles. The summed E-state index contributed by atoms with van der Waals surface area (Å²) in [5.74, 6) is 0. The van der Waals surface area contributed by atoms with E-state index in [1.807, 2.05) is 30.3 Å². The summed E-state index contributed by atoms with van der Waals surface area (Å²) in [7, 11) is -4.58. The molecular formula is C12H7Br7O3S. The van der Waals surface area contributed by atoms with E-state index in [4.69, 9.17) is 0 Å². The fourth-order valence-electron chi connectivity index (χ4n) is 2.25. The van der Waals surface area contributed by atoms with Gasteiger partial charge in [0, 0.05) is 8.96 Å². The van der Waals surface area contributed by atoms with Crippen LogP contribution in [0.4, 0.5) is 0 Å². The summed E-state index contributed by atoms with van der Waals surface area (Å²) in [6.07, 6.45) is 0. The van der Waals surface area contributed by atoms with Gasteiger partial charge in [-0.15, -0.1) is 0 Å². The molecule has 1 aliphatic carbocycles. The average Bonchev–Trinajstić information content (AvgIpc) is 2.49. The highest BCUT2D eigenvalue weighted by Crippen LogP contribution is 2.70. The van der Waals surface area contributed by atoms with E-state index in [9.17, 15) is 13.0 Å². The second-order valence-electron chi connectivity index (χ2n) is 4.75. The van der Waals surface area contributed by atoms with Crippen LogP contribution in [0.3, 0.4) is 0 Å². The molecule has 0 spiro atoms. The van der Waals surface area contributed by atoms with Crippen LogP contribution in [0.5, 0.6) is 0 Å². The second kappa shape index (κ2) is 7.00.